The fourth-order valence-corrected chi connectivity index (χ4v) is 1.26. The van der Waals surface area contributed by atoms with E-state index in [4.69, 9.17) is 4.74 Å². The van der Waals surface area contributed by atoms with E-state index >= 15 is 0 Å². The minimum atomic E-state index is 0.125. The summed E-state index contributed by atoms with van der Waals surface area (Å²) in [5.41, 5.74) is 1.05. The average Bonchev–Trinajstić information content (AvgIpc) is 2.21. The average molecular weight is 165 g/mol. The molecule has 0 aromatic carbocycles. The smallest absolute Gasteiger partial charge is 0.115 e. The number of aromatic nitrogens is 2. The molecule has 12 heavy (non-hydrogen) atoms. The molecule has 1 unspecified atom stereocenters. The van der Waals surface area contributed by atoms with E-state index in [1.807, 2.05) is 0 Å². The third-order valence-electron chi connectivity index (χ3n) is 1.88. The summed E-state index contributed by atoms with van der Waals surface area (Å²) in [7, 11) is 0. The summed E-state index contributed by atoms with van der Waals surface area (Å²) in [6.07, 6.45) is 5.25. The van der Waals surface area contributed by atoms with Crippen molar-refractivity contribution in [3.63, 3.8) is 0 Å². The molecule has 0 radical (unpaired) electrons. The highest BCUT2D eigenvalue weighted by Crippen LogP contribution is 2.15. The summed E-state index contributed by atoms with van der Waals surface area (Å²) in [5, 5.41) is 3.25. The Bertz CT molecular complexity index is 233. The van der Waals surface area contributed by atoms with Gasteiger partial charge in [-0.3, -0.25) is 0 Å². The molecule has 1 saturated heterocycles. The second kappa shape index (κ2) is 3.60. The van der Waals surface area contributed by atoms with Crippen molar-refractivity contribution in [1.29, 1.82) is 0 Å². The minimum absolute atomic E-state index is 0.125. The van der Waals surface area contributed by atoms with Gasteiger partial charge in [-0.2, -0.15) is 0 Å². The molecule has 1 fully saturated rings. The lowest BCUT2D eigenvalue weighted by Crippen LogP contribution is -2.33. The lowest BCUT2D eigenvalue weighted by atomic mass is 10.2. The zero-order valence-electron chi connectivity index (χ0n) is 6.73. The number of hydrogen-bond acceptors (Lipinski definition) is 4. The molecule has 64 valence electrons. The van der Waals surface area contributed by atoms with Crippen molar-refractivity contribution in [3.05, 3.63) is 24.3 Å². The standard InChI is InChI=1S/C8H11N3O/c1-2-12-8(5-9-1)7-3-10-6-11-4-7/h3-4,6,8-9H,1-2,5H2. The molecule has 1 aliphatic rings. The summed E-state index contributed by atoms with van der Waals surface area (Å²) in [6, 6.07) is 0. The summed E-state index contributed by atoms with van der Waals surface area (Å²) >= 11 is 0. The van der Waals surface area contributed by atoms with E-state index in [-0.39, 0.29) is 6.10 Å². The van der Waals surface area contributed by atoms with Crippen LogP contribution in [0.15, 0.2) is 18.7 Å². The van der Waals surface area contributed by atoms with Gasteiger partial charge in [-0.1, -0.05) is 0 Å². The Labute approximate surface area is 71.0 Å². The first-order valence-corrected chi connectivity index (χ1v) is 4.04. The topological polar surface area (TPSA) is 47.0 Å². The lowest BCUT2D eigenvalue weighted by molar-refractivity contribution is 0.0273. The number of morpholine rings is 1. The van der Waals surface area contributed by atoms with Crippen LogP contribution >= 0.6 is 0 Å². The molecule has 0 bridgehead atoms. The van der Waals surface area contributed by atoms with E-state index in [0.717, 1.165) is 25.3 Å². The maximum atomic E-state index is 5.52. The van der Waals surface area contributed by atoms with E-state index < -0.39 is 0 Å². The van der Waals surface area contributed by atoms with Gasteiger partial charge in [0.15, 0.2) is 0 Å². The second-order valence-electron chi connectivity index (χ2n) is 2.74. The van der Waals surface area contributed by atoms with Gasteiger partial charge in [0.05, 0.1) is 12.7 Å². The third kappa shape index (κ3) is 1.60. The van der Waals surface area contributed by atoms with E-state index in [1.54, 1.807) is 12.4 Å². The van der Waals surface area contributed by atoms with Crippen LogP contribution in [0.3, 0.4) is 0 Å². The van der Waals surface area contributed by atoms with E-state index in [0.29, 0.717) is 0 Å². The molecule has 4 nitrogen and oxygen atoms in total. The normalized spacial score (nSPS) is 23.8. The zero-order chi connectivity index (χ0) is 8.23. The Kier molecular flexibility index (Phi) is 2.29. The molecule has 1 atom stereocenters. The van der Waals surface area contributed by atoms with Gasteiger partial charge in [0.25, 0.3) is 0 Å². The molecule has 0 saturated carbocycles. The molecule has 0 spiro atoms. The fraction of sp³-hybridized carbons (Fsp3) is 0.500. The maximum absolute atomic E-state index is 5.52. The van der Waals surface area contributed by atoms with Crippen LogP contribution in [0.4, 0.5) is 0 Å². The highest BCUT2D eigenvalue weighted by molar-refractivity contribution is 5.08. The van der Waals surface area contributed by atoms with Crippen molar-refractivity contribution >= 4 is 0 Å². The number of hydrogen-bond donors (Lipinski definition) is 1. The van der Waals surface area contributed by atoms with Crippen LogP contribution in [0.5, 0.6) is 0 Å². The van der Waals surface area contributed by atoms with Crippen LogP contribution in [0.25, 0.3) is 0 Å². The van der Waals surface area contributed by atoms with Gasteiger partial charge in [0.1, 0.15) is 6.33 Å². The van der Waals surface area contributed by atoms with Gasteiger partial charge in [0, 0.05) is 31.0 Å². The first kappa shape index (κ1) is 7.64. The van der Waals surface area contributed by atoms with Crippen molar-refractivity contribution in [2.75, 3.05) is 19.7 Å². The predicted octanol–water partition coefficient (Wildman–Crippen LogP) is 0.138. The SMILES string of the molecule is c1ncc(C2CNCCO2)cn1. The molecule has 4 heteroatoms. The first-order chi connectivity index (χ1) is 5.97. The third-order valence-corrected chi connectivity index (χ3v) is 1.88. The van der Waals surface area contributed by atoms with Crippen molar-refractivity contribution in [2.24, 2.45) is 0 Å². The van der Waals surface area contributed by atoms with Crippen molar-refractivity contribution in [3.8, 4) is 0 Å². The van der Waals surface area contributed by atoms with Gasteiger partial charge >= 0.3 is 0 Å². The lowest BCUT2D eigenvalue weighted by Gasteiger charge is -2.23. The van der Waals surface area contributed by atoms with E-state index in [2.05, 4.69) is 15.3 Å². The number of rotatable bonds is 1. The van der Waals surface area contributed by atoms with Gasteiger partial charge in [0.2, 0.25) is 0 Å². The van der Waals surface area contributed by atoms with Gasteiger partial charge < -0.3 is 10.1 Å². The first-order valence-electron chi connectivity index (χ1n) is 4.04. The van der Waals surface area contributed by atoms with E-state index in [9.17, 15) is 0 Å². The number of ether oxygens (including phenoxy) is 1. The molecule has 1 aromatic heterocycles. The quantitative estimate of drug-likeness (QED) is 0.643. The molecule has 2 heterocycles. The molecule has 1 aromatic rings. The molecule has 0 aliphatic carbocycles. The van der Waals surface area contributed by atoms with Crippen LogP contribution in [0.2, 0.25) is 0 Å². The van der Waals surface area contributed by atoms with Crippen molar-refractivity contribution < 1.29 is 4.74 Å². The van der Waals surface area contributed by atoms with Crippen molar-refractivity contribution in [1.82, 2.24) is 15.3 Å². The summed E-state index contributed by atoms with van der Waals surface area (Å²) in [4.78, 5) is 7.88. The molecule has 2 rings (SSSR count). The molecule has 1 N–H and O–H groups in total. The van der Waals surface area contributed by atoms with Gasteiger partial charge in [-0.15, -0.1) is 0 Å². The molecule has 1 aliphatic heterocycles. The van der Waals surface area contributed by atoms with Crippen LogP contribution in [0.1, 0.15) is 11.7 Å². The van der Waals surface area contributed by atoms with Gasteiger partial charge in [-0.25, -0.2) is 9.97 Å². The number of nitrogens with one attached hydrogen (secondary N) is 1. The summed E-state index contributed by atoms with van der Waals surface area (Å²) in [5.74, 6) is 0. The fourth-order valence-electron chi connectivity index (χ4n) is 1.26. The Hall–Kier alpha value is -1.00. The maximum Gasteiger partial charge on any atom is 0.115 e. The van der Waals surface area contributed by atoms with Crippen LogP contribution in [0, 0.1) is 0 Å². The Balaban J connectivity index is 2.08. The second-order valence-corrected chi connectivity index (χ2v) is 2.74. The Morgan fingerprint density at radius 1 is 1.42 bits per heavy atom. The summed E-state index contributed by atoms with van der Waals surface area (Å²) < 4.78 is 5.52. The molecule has 0 amide bonds. The van der Waals surface area contributed by atoms with Crippen LogP contribution in [-0.4, -0.2) is 29.7 Å². The molecular weight excluding hydrogens is 154 g/mol. The predicted molar refractivity (Wildman–Crippen MR) is 43.6 cm³/mol. The summed E-state index contributed by atoms with van der Waals surface area (Å²) in [6.45, 7) is 2.55. The monoisotopic (exact) mass is 165 g/mol. The van der Waals surface area contributed by atoms with Crippen LogP contribution in [-0.2, 0) is 4.74 Å². The highest BCUT2D eigenvalue weighted by atomic mass is 16.5. The molecular formula is C8H11N3O. The van der Waals surface area contributed by atoms with E-state index in [1.165, 1.54) is 6.33 Å². The number of nitrogens with zero attached hydrogens (tertiary/aromatic N) is 2. The minimum Gasteiger partial charge on any atom is -0.371 e. The largest absolute Gasteiger partial charge is 0.371 e. The zero-order valence-corrected chi connectivity index (χ0v) is 6.73. The Morgan fingerprint density at radius 2 is 2.25 bits per heavy atom. The Morgan fingerprint density at radius 3 is 2.92 bits per heavy atom. The highest BCUT2D eigenvalue weighted by Gasteiger charge is 2.15. The van der Waals surface area contributed by atoms with Gasteiger partial charge in [-0.05, 0) is 0 Å². The van der Waals surface area contributed by atoms with Crippen molar-refractivity contribution in [2.45, 2.75) is 6.10 Å². The van der Waals surface area contributed by atoms with Crippen LogP contribution < -0.4 is 5.32 Å².